The second-order valence-corrected chi connectivity index (χ2v) is 3.23. The number of hydrogen-bond donors (Lipinski definition) is 1. The van der Waals surface area contributed by atoms with Crippen LogP contribution in [0.4, 0.5) is 0 Å². The zero-order valence-corrected chi connectivity index (χ0v) is 6.88. The lowest BCUT2D eigenvalue weighted by Crippen LogP contribution is -2.36. The first-order valence-electron chi connectivity index (χ1n) is 4.07. The van der Waals surface area contributed by atoms with E-state index < -0.39 is 0 Å². The van der Waals surface area contributed by atoms with Crippen LogP contribution in [0.2, 0.25) is 0 Å². The molecule has 0 bridgehead atoms. The van der Waals surface area contributed by atoms with Gasteiger partial charge in [-0.2, -0.15) is 0 Å². The fourth-order valence-electron chi connectivity index (χ4n) is 1.39. The average Bonchev–Trinajstić information content (AvgIpc) is 1.83. The molecule has 0 unspecified atom stereocenters. The highest BCUT2D eigenvalue weighted by Crippen LogP contribution is 2.28. The van der Waals surface area contributed by atoms with Gasteiger partial charge in [0.2, 0.25) is 0 Å². The molecule has 0 radical (unpaired) electrons. The average molecular weight is 157 g/mol. The molecule has 0 amide bonds. The van der Waals surface area contributed by atoms with Gasteiger partial charge in [-0.05, 0) is 25.2 Å². The number of rotatable bonds is 3. The summed E-state index contributed by atoms with van der Waals surface area (Å²) in [4.78, 5) is 10.3. The van der Waals surface area contributed by atoms with Crippen LogP contribution in [0.15, 0.2) is 0 Å². The van der Waals surface area contributed by atoms with Crippen molar-refractivity contribution in [3.63, 3.8) is 0 Å². The molecule has 2 N–H and O–H groups in total. The van der Waals surface area contributed by atoms with E-state index in [2.05, 4.69) is 0 Å². The lowest BCUT2D eigenvalue weighted by atomic mass is 9.79. The Balaban J connectivity index is 1.92. The molecule has 1 fully saturated rings. The minimum absolute atomic E-state index is 0.186. The van der Waals surface area contributed by atoms with Crippen molar-refractivity contribution in [1.29, 1.82) is 0 Å². The van der Waals surface area contributed by atoms with Crippen molar-refractivity contribution in [2.75, 3.05) is 6.61 Å². The second kappa shape index (κ2) is 3.72. The van der Waals surface area contributed by atoms with Crippen LogP contribution >= 0.6 is 0 Å². The number of ether oxygens (including phenoxy) is 1. The highest BCUT2D eigenvalue weighted by atomic mass is 16.5. The Labute approximate surface area is 66.9 Å². The van der Waals surface area contributed by atoms with Crippen molar-refractivity contribution in [2.24, 2.45) is 11.7 Å². The van der Waals surface area contributed by atoms with E-state index in [1.807, 2.05) is 0 Å². The van der Waals surface area contributed by atoms with Crippen LogP contribution in [-0.4, -0.2) is 18.6 Å². The molecule has 3 nitrogen and oxygen atoms in total. The fourth-order valence-corrected chi connectivity index (χ4v) is 1.39. The third-order valence-corrected chi connectivity index (χ3v) is 2.10. The summed E-state index contributed by atoms with van der Waals surface area (Å²) in [6, 6.07) is 0.400. The van der Waals surface area contributed by atoms with Crippen molar-refractivity contribution >= 4 is 5.97 Å². The van der Waals surface area contributed by atoms with Gasteiger partial charge in [-0.1, -0.05) is 0 Å². The Bertz CT molecular complexity index is 141. The van der Waals surface area contributed by atoms with Gasteiger partial charge < -0.3 is 10.5 Å². The summed E-state index contributed by atoms with van der Waals surface area (Å²) in [7, 11) is 0. The Hall–Kier alpha value is -0.570. The number of hydrogen-bond acceptors (Lipinski definition) is 3. The predicted molar refractivity (Wildman–Crippen MR) is 41.9 cm³/mol. The molecule has 0 saturated heterocycles. The first-order chi connectivity index (χ1) is 5.18. The number of esters is 1. The zero-order chi connectivity index (χ0) is 8.27. The molecular formula is C8H15NO2. The molecular weight excluding hydrogens is 142 g/mol. The van der Waals surface area contributed by atoms with Crippen molar-refractivity contribution in [1.82, 2.24) is 0 Å². The van der Waals surface area contributed by atoms with Gasteiger partial charge in [-0.3, -0.25) is 4.79 Å². The maximum atomic E-state index is 10.3. The summed E-state index contributed by atoms with van der Waals surface area (Å²) in [6.45, 7) is 2.00. The number of carbonyl (C=O) groups excluding carboxylic acids is 1. The molecule has 3 heteroatoms. The van der Waals surface area contributed by atoms with Crippen molar-refractivity contribution in [2.45, 2.75) is 32.2 Å². The Morgan fingerprint density at radius 1 is 1.64 bits per heavy atom. The van der Waals surface area contributed by atoms with Crippen molar-refractivity contribution in [3.05, 3.63) is 0 Å². The third-order valence-electron chi connectivity index (χ3n) is 2.10. The number of carbonyl (C=O) groups is 1. The summed E-state index contributed by atoms with van der Waals surface area (Å²) in [5.74, 6) is 0.512. The number of nitrogens with two attached hydrogens (primary N) is 1. The van der Waals surface area contributed by atoms with E-state index in [0.29, 0.717) is 18.6 Å². The van der Waals surface area contributed by atoms with E-state index in [4.69, 9.17) is 10.5 Å². The van der Waals surface area contributed by atoms with Crippen LogP contribution in [0.5, 0.6) is 0 Å². The van der Waals surface area contributed by atoms with Crippen LogP contribution in [-0.2, 0) is 9.53 Å². The van der Waals surface area contributed by atoms with E-state index >= 15 is 0 Å². The van der Waals surface area contributed by atoms with Crippen molar-refractivity contribution in [3.8, 4) is 0 Å². The van der Waals surface area contributed by atoms with Crippen LogP contribution in [0.25, 0.3) is 0 Å². The van der Waals surface area contributed by atoms with Gasteiger partial charge in [0.05, 0.1) is 6.61 Å². The lowest BCUT2D eigenvalue weighted by molar-refractivity contribution is -0.141. The first kappa shape index (κ1) is 8.53. The van der Waals surface area contributed by atoms with Gasteiger partial charge in [0.15, 0.2) is 0 Å². The lowest BCUT2D eigenvalue weighted by Gasteiger charge is -2.32. The maximum Gasteiger partial charge on any atom is 0.302 e. The molecule has 0 aromatic carbocycles. The molecule has 0 heterocycles. The SMILES string of the molecule is CC(=O)OCCC1CC(N)C1. The monoisotopic (exact) mass is 157 g/mol. The van der Waals surface area contributed by atoms with E-state index in [9.17, 15) is 4.79 Å². The van der Waals surface area contributed by atoms with Gasteiger partial charge in [-0.25, -0.2) is 0 Å². The molecule has 1 aliphatic carbocycles. The van der Waals surface area contributed by atoms with Crippen LogP contribution in [0.1, 0.15) is 26.2 Å². The van der Waals surface area contributed by atoms with E-state index in [1.165, 1.54) is 6.92 Å². The normalized spacial score (nSPS) is 29.3. The summed E-state index contributed by atoms with van der Waals surface area (Å²) >= 11 is 0. The molecule has 0 aliphatic heterocycles. The van der Waals surface area contributed by atoms with Gasteiger partial charge in [-0.15, -0.1) is 0 Å². The summed E-state index contributed by atoms with van der Waals surface area (Å²) < 4.78 is 4.80. The second-order valence-electron chi connectivity index (χ2n) is 3.23. The molecule has 1 aliphatic rings. The molecule has 0 spiro atoms. The highest BCUT2D eigenvalue weighted by molar-refractivity contribution is 5.65. The molecule has 64 valence electrons. The third kappa shape index (κ3) is 2.89. The highest BCUT2D eigenvalue weighted by Gasteiger charge is 2.25. The van der Waals surface area contributed by atoms with E-state index in [0.717, 1.165) is 19.3 Å². The topological polar surface area (TPSA) is 52.3 Å². The molecule has 11 heavy (non-hydrogen) atoms. The Morgan fingerprint density at radius 2 is 2.27 bits per heavy atom. The predicted octanol–water partition coefficient (Wildman–Crippen LogP) is 0.677. The molecule has 1 saturated carbocycles. The van der Waals surface area contributed by atoms with E-state index in [-0.39, 0.29) is 5.97 Å². The zero-order valence-electron chi connectivity index (χ0n) is 6.88. The minimum Gasteiger partial charge on any atom is -0.466 e. The molecule has 0 aromatic heterocycles. The van der Waals surface area contributed by atoms with E-state index in [1.54, 1.807) is 0 Å². The van der Waals surface area contributed by atoms with Crippen LogP contribution < -0.4 is 5.73 Å². The quantitative estimate of drug-likeness (QED) is 0.613. The van der Waals surface area contributed by atoms with Crippen LogP contribution in [0.3, 0.4) is 0 Å². The minimum atomic E-state index is -0.186. The Morgan fingerprint density at radius 3 is 2.73 bits per heavy atom. The largest absolute Gasteiger partial charge is 0.466 e. The van der Waals surface area contributed by atoms with Gasteiger partial charge >= 0.3 is 5.97 Å². The van der Waals surface area contributed by atoms with Crippen molar-refractivity contribution < 1.29 is 9.53 Å². The molecule has 1 rings (SSSR count). The Kier molecular flexibility index (Phi) is 2.88. The smallest absolute Gasteiger partial charge is 0.302 e. The van der Waals surface area contributed by atoms with Gasteiger partial charge in [0.1, 0.15) is 0 Å². The van der Waals surface area contributed by atoms with Gasteiger partial charge in [0, 0.05) is 13.0 Å². The fraction of sp³-hybridized carbons (Fsp3) is 0.875. The summed E-state index contributed by atoms with van der Waals surface area (Å²) in [6.07, 6.45) is 3.18. The molecule has 0 aromatic rings. The standard InChI is InChI=1S/C8H15NO2/c1-6(10)11-3-2-7-4-8(9)5-7/h7-8H,2-5,9H2,1H3. The van der Waals surface area contributed by atoms with Crippen LogP contribution in [0, 0.1) is 5.92 Å². The summed E-state index contributed by atoms with van der Waals surface area (Å²) in [5.41, 5.74) is 5.59. The first-order valence-corrected chi connectivity index (χ1v) is 4.07. The maximum absolute atomic E-state index is 10.3. The summed E-state index contributed by atoms with van der Waals surface area (Å²) in [5, 5.41) is 0. The molecule has 0 atom stereocenters. The van der Waals surface area contributed by atoms with Gasteiger partial charge in [0.25, 0.3) is 0 Å².